The summed E-state index contributed by atoms with van der Waals surface area (Å²) < 4.78 is 17.0. The van der Waals surface area contributed by atoms with Crippen LogP contribution in [0, 0.1) is 0 Å². The van der Waals surface area contributed by atoms with Gasteiger partial charge in [0.15, 0.2) is 11.5 Å². The number of furan rings is 1. The zero-order chi connectivity index (χ0) is 26.3. The van der Waals surface area contributed by atoms with E-state index < -0.39 is 23.5 Å². The zero-order valence-electron chi connectivity index (χ0n) is 20.4. The van der Waals surface area contributed by atoms with Gasteiger partial charge in [-0.05, 0) is 67.9 Å². The topological polar surface area (TPSA) is 89.2 Å². The number of ketones is 1. The lowest BCUT2D eigenvalue weighted by Crippen LogP contribution is -2.31. The minimum absolute atomic E-state index is 0.0151. The molecule has 0 spiro atoms. The molecule has 4 aromatic rings. The van der Waals surface area contributed by atoms with Gasteiger partial charge >= 0.3 is 0 Å². The zero-order valence-corrected chi connectivity index (χ0v) is 21.2. The number of hydrogen-bond acceptors (Lipinski definition) is 6. The first-order valence-corrected chi connectivity index (χ1v) is 12.1. The van der Waals surface area contributed by atoms with Crippen LogP contribution in [0.2, 0.25) is 5.02 Å². The van der Waals surface area contributed by atoms with Crippen LogP contribution in [-0.4, -0.2) is 30.0 Å². The maximum absolute atomic E-state index is 13.8. The SMILES string of the molecule is COc1cccc(N2C(=O)C(O)=C(C(=O)c3cc4cc(Cl)ccc4o3)C2c2cccc(OC(C)C)c2)c1. The number of aliphatic hydroxyl groups excluding tert-OH is 1. The van der Waals surface area contributed by atoms with Gasteiger partial charge in [-0.15, -0.1) is 0 Å². The minimum Gasteiger partial charge on any atom is -0.503 e. The van der Waals surface area contributed by atoms with Crippen LogP contribution in [0.5, 0.6) is 11.5 Å². The first-order valence-electron chi connectivity index (χ1n) is 11.7. The second-order valence-corrected chi connectivity index (χ2v) is 9.34. The Morgan fingerprint density at radius 3 is 2.54 bits per heavy atom. The van der Waals surface area contributed by atoms with E-state index in [0.29, 0.717) is 38.7 Å². The van der Waals surface area contributed by atoms with E-state index in [2.05, 4.69) is 0 Å². The molecule has 0 bridgehead atoms. The largest absolute Gasteiger partial charge is 0.503 e. The van der Waals surface area contributed by atoms with E-state index in [1.807, 2.05) is 13.8 Å². The van der Waals surface area contributed by atoms with Crippen LogP contribution in [0.15, 0.2) is 88.5 Å². The molecule has 1 unspecified atom stereocenters. The molecule has 0 saturated heterocycles. The lowest BCUT2D eigenvalue weighted by atomic mass is 9.94. The van der Waals surface area contributed by atoms with E-state index in [4.69, 9.17) is 25.5 Å². The average Bonchev–Trinajstić information content (AvgIpc) is 3.41. The van der Waals surface area contributed by atoms with Crippen LogP contribution in [0.3, 0.4) is 0 Å². The van der Waals surface area contributed by atoms with Gasteiger partial charge in [-0.2, -0.15) is 0 Å². The maximum Gasteiger partial charge on any atom is 0.294 e. The Balaban J connectivity index is 1.66. The van der Waals surface area contributed by atoms with Crippen LogP contribution in [0.4, 0.5) is 5.69 Å². The molecule has 5 rings (SSSR count). The molecular weight excluding hydrogens is 494 g/mol. The van der Waals surface area contributed by atoms with Gasteiger partial charge in [0.05, 0.1) is 24.8 Å². The quantitative estimate of drug-likeness (QED) is 0.275. The second-order valence-electron chi connectivity index (χ2n) is 8.90. The number of amides is 1. The van der Waals surface area contributed by atoms with Crippen molar-refractivity contribution in [3.8, 4) is 11.5 Å². The van der Waals surface area contributed by atoms with E-state index in [9.17, 15) is 14.7 Å². The highest BCUT2D eigenvalue weighted by Gasteiger charge is 2.45. The van der Waals surface area contributed by atoms with Crippen molar-refractivity contribution in [3.63, 3.8) is 0 Å². The highest BCUT2D eigenvalue weighted by atomic mass is 35.5. The van der Waals surface area contributed by atoms with Crippen molar-refractivity contribution in [2.75, 3.05) is 12.0 Å². The van der Waals surface area contributed by atoms with E-state index in [-0.39, 0.29) is 17.4 Å². The van der Waals surface area contributed by atoms with E-state index in [1.54, 1.807) is 72.8 Å². The number of rotatable bonds is 7. The fourth-order valence-corrected chi connectivity index (χ4v) is 4.65. The van der Waals surface area contributed by atoms with Crippen molar-refractivity contribution in [2.45, 2.75) is 26.0 Å². The minimum atomic E-state index is -0.945. The lowest BCUT2D eigenvalue weighted by Gasteiger charge is -2.27. The van der Waals surface area contributed by atoms with Crippen molar-refractivity contribution in [2.24, 2.45) is 0 Å². The molecule has 1 aliphatic heterocycles. The Morgan fingerprint density at radius 2 is 1.78 bits per heavy atom. The number of hydrogen-bond donors (Lipinski definition) is 1. The molecule has 188 valence electrons. The number of carbonyl (C=O) groups is 2. The Morgan fingerprint density at radius 1 is 1.03 bits per heavy atom. The number of halogens is 1. The van der Waals surface area contributed by atoms with Crippen molar-refractivity contribution >= 4 is 39.9 Å². The van der Waals surface area contributed by atoms with Gasteiger partial charge in [-0.25, -0.2) is 0 Å². The maximum atomic E-state index is 13.8. The molecule has 0 saturated carbocycles. The first-order chi connectivity index (χ1) is 17.8. The molecule has 7 nitrogen and oxygen atoms in total. The fraction of sp³-hybridized carbons (Fsp3) is 0.172. The Bertz CT molecular complexity index is 1550. The number of benzene rings is 3. The van der Waals surface area contributed by atoms with Gasteiger partial charge in [0.1, 0.15) is 17.1 Å². The summed E-state index contributed by atoms with van der Waals surface area (Å²) in [5, 5.41) is 12.2. The summed E-state index contributed by atoms with van der Waals surface area (Å²) in [6, 6.07) is 19.6. The summed E-state index contributed by atoms with van der Waals surface area (Å²) in [6.07, 6.45) is -0.0811. The number of Topliss-reactive ketones (excluding diaryl/α,β-unsaturated/α-hetero) is 1. The number of ether oxygens (including phenoxy) is 2. The predicted octanol–water partition coefficient (Wildman–Crippen LogP) is 6.66. The Hall–Kier alpha value is -4.23. The smallest absolute Gasteiger partial charge is 0.294 e. The summed E-state index contributed by atoms with van der Waals surface area (Å²) in [5.41, 5.74) is 1.40. The molecular formula is C29H24ClNO6. The normalized spacial score (nSPS) is 15.6. The van der Waals surface area contributed by atoms with Gasteiger partial charge in [-0.3, -0.25) is 14.5 Å². The van der Waals surface area contributed by atoms with E-state index in [1.165, 1.54) is 12.0 Å². The number of anilines is 1. The van der Waals surface area contributed by atoms with Crippen molar-refractivity contribution in [1.29, 1.82) is 0 Å². The standard InChI is InChI=1S/C29H24ClNO6/c1-16(2)36-22-9-4-6-17(13-22)26-25(27(32)24-14-18-12-19(30)10-11-23(18)37-24)28(33)29(34)31(26)20-7-5-8-21(15-20)35-3/h4-16,26,33H,1-3H3. The Labute approximate surface area is 218 Å². The molecule has 8 heteroatoms. The molecule has 1 amide bonds. The fourth-order valence-electron chi connectivity index (χ4n) is 4.47. The third kappa shape index (κ3) is 4.54. The van der Waals surface area contributed by atoms with Crippen molar-refractivity contribution < 1.29 is 28.6 Å². The van der Waals surface area contributed by atoms with Crippen LogP contribution in [0.25, 0.3) is 11.0 Å². The summed E-state index contributed by atoms with van der Waals surface area (Å²) in [4.78, 5) is 28.7. The van der Waals surface area contributed by atoms with Crippen LogP contribution in [-0.2, 0) is 4.79 Å². The molecule has 37 heavy (non-hydrogen) atoms. The summed E-state index contributed by atoms with van der Waals surface area (Å²) in [6.45, 7) is 3.81. The summed E-state index contributed by atoms with van der Waals surface area (Å²) in [7, 11) is 1.52. The third-order valence-electron chi connectivity index (χ3n) is 6.03. The second kappa shape index (κ2) is 9.67. The molecule has 1 atom stereocenters. The summed E-state index contributed by atoms with van der Waals surface area (Å²) >= 11 is 6.09. The van der Waals surface area contributed by atoms with Crippen LogP contribution >= 0.6 is 11.6 Å². The van der Waals surface area contributed by atoms with Gasteiger partial charge in [0, 0.05) is 22.2 Å². The van der Waals surface area contributed by atoms with Gasteiger partial charge in [0.25, 0.3) is 5.91 Å². The predicted molar refractivity (Wildman–Crippen MR) is 141 cm³/mol. The molecule has 0 fully saturated rings. The van der Waals surface area contributed by atoms with Gasteiger partial charge in [0.2, 0.25) is 5.78 Å². The number of nitrogens with zero attached hydrogens (tertiary/aromatic N) is 1. The molecule has 2 heterocycles. The monoisotopic (exact) mass is 517 g/mol. The van der Waals surface area contributed by atoms with Crippen LogP contribution < -0.4 is 14.4 Å². The first kappa shape index (κ1) is 24.5. The molecule has 0 radical (unpaired) electrons. The van der Waals surface area contributed by atoms with E-state index >= 15 is 0 Å². The highest BCUT2D eigenvalue weighted by molar-refractivity contribution is 6.31. The lowest BCUT2D eigenvalue weighted by molar-refractivity contribution is -0.117. The van der Waals surface area contributed by atoms with Crippen molar-refractivity contribution in [3.05, 3.63) is 100 Å². The van der Waals surface area contributed by atoms with Gasteiger partial charge in [-0.1, -0.05) is 29.8 Å². The van der Waals surface area contributed by atoms with Gasteiger partial charge < -0.3 is 19.0 Å². The Kier molecular flexibility index (Phi) is 6.39. The highest BCUT2D eigenvalue weighted by Crippen LogP contribution is 2.43. The molecule has 1 aromatic heterocycles. The molecule has 3 aromatic carbocycles. The number of aliphatic hydroxyl groups is 1. The van der Waals surface area contributed by atoms with E-state index in [0.717, 1.165) is 0 Å². The molecule has 1 aliphatic rings. The number of fused-ring (bicyclic) bond motifs is 1. The number of carbonyl (C=O) groups excluding carboxylic acids is 2. The summed E-state index contributed by atoms with van der Waals surface area (Å²) in [5.74, 6) is -0.888. The third-order valence-corrected chi connectivity index (χ3v) is 6.27. The van der Waals surface area contributed by atoms with Crippen molar-refractivity contribution in [1.82, 2.24) is 0 Å². The van der Waals surface area contributed by atoms with Crippen LogP contribution in [0.1, 0.15) is 36.0 Å². The average molecular weight is 518 g/mol. The molecule has 1 N–H and O–H groups in total. The number of methoxy groups -OCH3 is 1. The molecule has 0 aliphatic carbocycles.